The minimum Gasteiger partial charge on any atom is -0.271 e. The molecule has 3 rings (SSSR count). The third kappa shape index (κ3) is 5.03. The van der Waals surface area contributed by atoms with Crippen molar-refractivity contribution in [1.29, 1.82) is 0 Å². The predicted molar refractivity (Wildman–Crippen MR) is 116 cm³/mol. The fourth-order valence-electron chi connectivity index (χ4n) is 3.42. The first-order valence-electron chi connectivity index (χ1n) is 9.78. The normalized spacial score (nSPS) is 14.0. The standard InChI is InChI=1S/C22H27N3O3S/c1-16-8-11-20(12-9-16)29(27,28)25(21-13-10-17(2)14-18(21)3)15-22(26)24-23-19-6-4-5-7-19/h8-14H,4-7,15H2,1-3H3,(H,24,26). The van der Waals surface area contributed by atoms with Crippen molar-refractivity contribution in [3.8, 4) is 0 Å². The molecule has 0 heterocycles. The second kappa shape index (κ2) is 8.78. The molecule has 1 aliphatic rings. The van der Waals surface area contributed by atoms with Crippen molar-refractivity contribution in [2.75, 3.05) is 10.8 Å². The van der Waals surface area contributed by atoms with E-state index in [-0.39, 0.29) is 11.4 Å². The summed E-state index contributed by atoms with van der Waals surface area (Å²) in [6, 6.07) is 12.1. The Labute approximate surface area is 172 Å². The van der Waals surface area contributed by atoms with Crippen molar-refractivity contribution >= 4 is 27.3 Å². The lowest BCUT2D eigenvalue weighted by atomic mass is 10.1. The first-order valence-corrected chi connectivity index (χ1v) is 11.2. The van der Waals surface area contributed by atoms with E-state index >= 15 is 0 Å². The Kier molecular flexibility index (Phi) is 6.37. The summed E-state index contributed by atoms with van der Waals surface area (Å²) >= 11 is 0. The molecular weight excluding hydrogens is 386 g/mol. The number of carbonyl (C=O) groups excluding carboxylic acids is 1. The number of anilines is 1. The van der Waals surface area contributed by atoms with Gasteiger partial charge in [-0.25, -0.2) is 13.8 Å². The van der Waals surface area contributed by atoms with E-state index in [1.165, 1.54) is 0 Å². The van der Waals surface area contributed by atoms with Crippen molar-refractivity contribution in [1.82, 2.24) is 5.43 Å². The number of rotatable bonds is 6. The van der Waals surface area contributed by atoms with Gasteiger partial charge in [0.1, 0.15) is 6.54 Å². The number of nitrogens with one attached hydrogen (secondary N) is 1. The molecule has 1 fully saturated rings. The summed E-state index contributed by atoms with van der Waals surface area (Å²) in [6.07, 6.45) is 3.90. The van der Waals surface area contributed by atoms with E-state index in [9.17, 15) is 13.2 Å². The fourth-order valence-corrected chi connectivity index (χ4v) is 4.91. The van der Waals surface area contributed by atoms with E-state index in [0.29, 0.717) is 5.69 Å². The molecule has 1 aliphatic carbocycles. The second-order valence-electron chi connectivity index (χ2n) is 7.53. The summed E-state index contributed by atoms with van der Waals surface area (Å²) in [4.78, 5) is 12.7. The Morgan fingerprint density at radius 2 is 1.62 bits per heavy atom. The summed E-state index contributed by atoms with van der Waals surface area (Å²) in [5.74, 6) is -0.458. The van der Waals surface area contributed by atoms with Crippen molar-refractivity contribution in [3.05, 3.63) is 59.2 Å². The number of aryl methyl sites for hydroxylation is 3. The lowest BCUT2D eigenvalue weighted by Gasteiger charge is -2.25. The Hall–Kier alpha value is -2.67. The lowest BCUT2D eigenvalue weighted by molar-refractivity contribution is -0.119. The van der Waals surface area contributed by atoms with Crippen LogP contribution in [0.25, 0.3) is 0 Å². The van der Waals surface area contributed by atoms with E-state index in [1.54, 1.807) is 30.3 Å². The zero-order chi connectivity index (χ0) is 21.0. The highest BCUT2D eigenvalue weighted by atomic mass is 32.2. The molecule has 1 N–H and O–H groups in total. The van der Waals surface area contributed by atoms with Crippen LogP contribution >= 0.6 is 0 Å². The molecule has 1 saturated carbocycles. The predicted octanol–water partition coefficient (Wildman–Crippen LogP) is 3.85. The SMILES string of the molecule is Cc1ccc(S(=O)(=O)N(CC(=O)NN=C2CCCC2)c2ccc(C)cc2C)cc1. The quantitative estimate of drug-likeness (QED) is 0.731. The zero-order valence-corrected chi connectivity index (χ0v) is 17.9. The van der Waals surface area contributed by atoms with Gasteiger partial charge in [0.05, 0.1) is 10.6 Å². The highest BCUT2D eigenvalue weighted by Crippen LogP contribution is 2.27. The third-order valence-corrected chi connectivity index (χ3v) is 6.81. The van der Waals surface area contributed by atoms with Crippen LogP contribution in [-0.4, -0.2) is 26.6 Å². The second-order valence-corrected chi connectivity index (χ2v) is 9.40. The molecule has 0 aromatic heterocycles. The minimum absolute atomic E-state index is 0.151. The smallest absolute Gasteiger partial charge is 0.264 e. The van der Waals surface area contributed by atoms with E-state index in [4.69, 9.17) is 0 Å². The van der Waals surface area contributed by atoms with Gasteiger partial charge in [0.15, 0.2) is 0 Å². The zero-order valence-electron chi connectivity index (χ0n) is 17.1. The lowest BCUT2D eigenvalue weighted by Crippen LogP contribution is -2.40. The van der Waals surface area contributed by atoms with Gasteiger partial charge in [0, 0.05) is 5.71 Å². The van der Waals surface area contributed by atoms with Crippen LogP contribution in [0.4, 0.5) is 5.69 Å². The van der Waals surface area contributed by atoms with Gasteiger partial charge in [-0.2, -0.15) is 5.10 Å². The van der Waals surface area contributed by atoms with Crippen LogP contribution in [0.3, 0.4) is 0 Å². The van der Waals surface area contributed by atoms with Gasteiger partial charge in [0.2, 0.25) is 0 Å². The molecule has 0 aliphatic heterocycles. The van der Waals surface area contributed by atoms with Crippen LogP contribution in [-0.2, 0) is 14.8 Å². The summed E-state index contributed by atoms with van der Waals surface area (Å²) in [7, 11) is -3.91. The molecule has 154 valence electrons. The first kappa shape index (κ1) is 21.0. The van der Waals surface area contributed by atoms with Gasteiger partial charge in [0.25, 0.3) is 15.9 Å². The minimum atomic E-state index is -3.91. The molecule has 0 atom stereocenters. The Morgan fingerprint density at radius 1 is 1.00 bits per heavy atom. The summed E-state index contributed by atoms with van der Waals surface area (Å²) in [6.45, 7) is 5.35. The van der Waals surface area contributed by atoms with Crippen molar-refractivity contribution < 1.29 is 13.2 Å². The number of hydrogen-bond acceptors (Lipinski definition) is 4. The van der Waals surface area contributed by atoms with Crippen LogP contribution in [0.5, 0.6) is 0 Å². The molecule has 0 spiro atoms. The molecule has 7 heteroatoms. The van der Waals surface area contributed by atoms with Gasteiger partial charge >= 0.3 is 0 Å². The summed E-state index contributed by atoms with van der Waals surface area (Å²) in [5, 5.41) is 4.17. The number of nitrogens with zero attached hydrogens (tertiary/aromatic N) is 2. The van der Waals surface area contributed by atoms with E-state index in [1.807, 2.05) is 32.9 Å². The van der Waals surface area contributed by atoms with E-state index < -0.39 is 15.9 Å². The van der Waals surface area contributed by atoms with E-state index in [2.05, 4.69) is 10.5 Å². The molecule has 29 heavy (non-hydrogen) atoms. The van der Waals surface area contributed by atoms with Gasteiger partial charge < -0.3 is 0 Å². The largest absolute Gasteiger partial charge is 0.271 e. The molecular formula is C22H27N3O3S. The number of hydrogen-bond donors (Lipinski definition) is 1. The number of hydrazone groups is 1. The summed E-state index contributed by atoms with van der Waals surface area (Å²) in [5.41, 5.74) is 6.75. The van der Waals surface area contributed by atoms with Crippen LogP contribution in [0.2, 0.25) is 0 Å². The Bertz CT molecular complexity index is 1020. The van der Waals surface area contributed by atoms with Crippen molar-refractivity contribution in [2.24, 2.45) is 5.10 Å². The van der Waals surface area contributed by atoms with Crippen LogP contribution in [0.15, 0.2) is 52.5 Å². The maximum absolute atomic E-state index is 13.4. The third-order valence-electron chi connectivity index (χ3n) is 5.04. The number of amides is 1. The van der Waals surface area contributed by atoms with Crippen LogP contribution < -0.4 is 9.73 Å². The van der Waals surface area contributed by atoms with Gasteiger partial charge in [-0.15, -0.1) is 0 Å². The molecule has 0 radical (unpaired) electrons. The number of carbonyl (C=O) groups is 1. The number of sulfonamides is 1. The Balaban J connectivity index is 1.94. The van der Waals surface area contributed by atoms with Gasteiger partial charge in [-0.3, -0.25) is 9.10 Å². The van der Waals surface area contributed by atoms with Crippen LogP contribution in [0, 0.1) is 20.8 Å². The van der Waals surface area contributed by atoms with Gasteiger partial charge in [-0.1, -0.05) is 35.4 Å². The van der Waals surface area contributed by atoms with Gasteiger partial charge in [-0.05, 0) is 70.2 Å². The topological polar surface area (TPSA) is 78.8 Å². The first-order chi connectivity index (χ1) is 13.8. The molecule has 0 unspecified atom stereocenters. The van der Waals surface area contributed by atoms with E-state index in [0.717, 1.165) is 52.4 Å². The molecule has 2 aromatic carbocycles. The highest BCUT2D eigenvalue weighted by molar-refractivity contribution is 7.92. The average Bonchev–Trinajstić information content (AvgIpc) is 3.19. The molecule has 2 aromatic rings. The average molecular weight is 414 g/mol. The molecule has 0 saturated heterocycles. The molecule has 0 bridgehead atoms. The van der Waals surface area contributed by atoms with Crippen molar-refractivity contribution in [3.63, 3.8) is 0 Å². The van der Waals surface area contributed by atoms with Crippen LogP contribution in [0.1, 0.15) is 42.4 Å². The Morgan fingerprint density at radius 3 is 2.24 bits per heavy atom. The molecule has 1 amide bonds. The number of benzene rings is 2. The maximum atomic E-state index is 13.4. The monoisotopic (exact) mass is 413 g/mol. The molecule has 6 nitrogen and oxygen atoms in total. The summed E-state index contributed by atoms with van der Waals surface area (Å²) < 4.78 is 27.9. The maximum Gasteiger partial charge on any atom is 0.264 e. The fraction of sp³-hybridized carbons (Fsp3) is 0.364. The highest BCUT2D eigenvalue weighted by Gasteiger charge is 2.28. The van der Waals surface area contributed by atoms with Crippen molar-refractivity contribution in [2.45, 2.75) is 51.3 Å².